The van der Waals surface area contributed by atoms with Crippen LogP contribution in [0.1, 0.15) is 61.8 Å². The quantitative estimate of drug-likeness (QED) is 0.0129. The molecule has 0 aliphatic rings. The summed E-state index contributed by atoms with van der Waals surface area (Å²) in [6.45, 7) is 6.93. The molecule has 0 fully saturated rings. The average Bonchev–Trinajstić information content (AvgIpc) is 3.38. The highest BCUT2D eigenvalue weighted by Gasteiger charge is 2.27. The summed E-state index contributed by atoms with van der Waals surface area (Å²) in [5.41, 5.74) is 3.19. The van der Waals surface area contributed by atoms with E-state index in [-0.39, 0.29) is 58.0 Å². The van der Waals surface area contributed by atoms with Crippen molar-refractivity contribution >= 4 is 54.0 Å². The van der Waals surface area contributed by atoms with Gasteiger partial charge in [0.2, 0.25) is 24.0 Å². The lowest BCUT2D eigenvalue weighted by Gasteiger charge is -2.21. The predicted octanol–water partition coefficient (Wildman–Crippen LogP) is 4.24. The molecule has 4 rings (SSSR count). The van der Waals surface area contributed by atoms with E-state index < -0.39 is 66.0 Å². The molecule has 4 atom stereocenters. The first-order valence-electron chi connectivity index (χ1n) is 22.4. The molecule has 4 aromatic rings. The Kier molecular flexibility index (Phi) is 25.9. The van der Waals surface area contributed by atoms with E-state index in [1.807, 2.05) is 97.1 Å². The standard InChI is InChI=1S/C26H31N3O6.C25H29N3O7/c1-3-23(30)27-16-10-15-22(25(32)34-17-20-11-6-4-7-12-20)29-24(31)19(2)28-26(33)35-18-21-13-8-5-9-14-21;1-18(27-25(33)35-17-20-11-6-3-7-12-20)23(31)28-21(13-8-14-26-22(30)15-29)24(32)34-16-19-9-4-2-5-10-19/h3-9,11-14,19,22H,1,10,15-18H2,2H3,(H,27,30)(H,28,33)(H,29,31);2-7,9-12,15,18,21H,8,13-14,16-17H2,1H3,(H,26,30)(H,27,33)(H,28,31)/t19-,22-;18-,21-/m00/s1. The van der Waals surface area contributed by atoms with Gasteiger partial charge in [0.05, 0.1) is 0 Å². The van der Waals surface area contributed by atoms with Gasteiger partial charge in [-0.15, -0.1) is 0 Å². The number of aldehydes is 1. The van der Waals surface area contributed by atoms with E-state index in [0.29, 0.717) is 19.4 Å². The Bertz CT molecular complexity index is 2130. The minimum Gasteiger partial charge on any atom is -0.459 e. The summed E-state index contributed by atoms with van der Waals surface area (Å²) < 4.78 is 20.9. The van der Waals surface area contributed by atoms with Crippen molar-refractivity contribution in [3.05, 3.63) is 156 Å². The zero-order valence-corrected chi connectivity index (χ0v) is 39.1. The van der Waals surface area contributed by atoms with Crippen LogP contribution in [-0.4, -0.2) is 91.3 Å². The van der Waals surface area contributed by atoms with Crippen LogP contribution in [0.25, 0.3) is 0 Å². The molecular weight excluding hydrogens is 905 g/mol. The van der Waals surface area contributed by atoms with Gasteiger partial charge < -0.3 is 50.8 Å². The van der Waals surface area contributed by atoms with Crippen LogP contribution >= 0.6 is 0 Å². The second-order valence-electron chi connectivity index (χ2n) is 15.4. The van der Waals surface area contributed by atoms with Crippen molar-refractivity contribution in [2.24, 2.45) is 0 Å². The lowest BCUT2D eigenvalue weighted by Crippen LogP contribution is -2.50. The molecule has 6 amide bonds. The third kappa shape index (κ3) is 23.4. The highest BCUT2D eigenvalue weighted by molar-refractivity contribution is 6.23. The molecule has 372 valence electrons. The van der Waals surface area contributed by atoms with E-state index >= 15 is 0 Å². The summed E-state index contributed by atoms with van der Waals surface area (Å²) in [4.78, 5) is 108. The number of nitrogens with one attached hydrogen (secondary N) is 6. The molecule has 0 spiro atoms. The van der Waals surface area contributed by atoms with Gasteiger partial charge in [0, 0.05) is 13.1 Å². The van der Waals surface area contributed by atoms with Crippen LogP contribution in [0.3, 0.4) is 0 Å². The second-order valence-corrected chi connectivity index (χ2v) is 15.4. The maximum absolute atomic E-state index is 12.7. The van der Waals surface area contributed by atoms with Gasteiger partial charge in [0.25, 0.3) is 5.91 Å². The Hall–Kier alpha value is -8.35. The molecule has 0 unspecified atom stereocenters. The monoisotopic (exact) mass is 964 g/mol. The van der Waals surface area contributed by atoms with Crippen molar-refractivity contribution in [3.8, 4) is 0 Å². The Balaban J connectivity index is 0.000000370. The SMILES string of the molecule is C=CC(=O)NCCC[C@H](NC(=O)[C@H](C)NC(=O)OCc1ccccc1)C(=O)OCc1ccccc1.C[C@H](NC(=O)OCc1ccccc1)C(=O)N[C@@H](CCCNC(=O)C=O)C(=O)OCc1ccccc1. The molecule has 4 aromatic carbocycles. The number of benzene rings is 4. The summed E-state index contributed by atoms with van der Waals surface area (Å²) in [7, 11) is 0. The minimum atomic E-state index is -1.02. The summed E-state index contributed by atoms with van der Waals surface area (Å²) >= 11 is 0. The molecule has 0 saturated carbocycles. The van der Waals surface area contributed by atoms with Crippen molar-refractivity contribution < 1.29 is 62.1 Å². The van der Waals surface area contributed by atoms with Gasteiger partial charge in [0.15, 0.2) is 0 Å². The zero-order valence-electron chi connectivity index (χ0n) is 39.1. The molecule has 0 heterocycles. The maximum atomic E-state index is 12.7. The highest BCUT2D eigenvalue weighted by atomic mass is 16.6. The summed E-state index contributed by atoms with van der Waals surface area (Å²) in [5.74, 6) is -3.56. The van der Waals surface area contributed by atoms with Crippen LogP contribution in [0.5, 0.6) is 0 Å². The number of carbonyl (C=O) groups is 9. The molecule has 0 radical (unpaired) electrons. The van der Waals surface area contributed by atoms with Crippen molar-refractivity contribution in [1.82, 2.24) is 31.9 Å². The van der Waals surface area contributed by atoms with Crippen LogP contribution < -0.4 is 31.9 Å². The summed E-state index contributed by atoms with van der Waals surface area (Å²) in [5, 5.41) is 15.0. The highest BCUT2D eigenvalue weighted by Crippen LogP contribution is 2.09. The number of carbonyl (C=O) groups excluding carboxylic acids is 9. The number of rotatable bonds is 26. The average molecular weight is 965 g/mol. The van der Waals surface area contributed by atoms with E-state index in [9.17, 15) is 43.2 Å². The number of alkyl carbamates (subject to hydrolysis) is 2. The predicted molar refractivity (Wildman–Crippen MR) is 256 cm³/mol. The molecule has 70 heavy (non-hydrogen) atoms. The molecule has 19 nitrogen and oxygen atoms in total. The van der Waals surface area contributed by atoms with Crippen LogP contribution in [0.15, 0.2) is 134 Å². The number of hydrogen-bond donors (Lipinski definition) is 6. The van der Waals surface area contributed by atoms with Crippen molar-refractivity contribution in [1.29, 1.82) is 0 Å². The molecular formula is C51H60N6O13. The fourth-order valence-electron chi connectivity index (χ4n) is 5.91. The second kappa shape index (κ2) is 32.4. The fraction of sp³-hybridized carbons (Fsp3) is 0.314. The van der Waals surface area contributed by atoms with Gasteiger partial charge in [-0.05, 0) is 67.9 Å². The minimum absolute atomic E-state index is 0.0214. The lowest BCUT2D eigenvalue weighted by atomic mass is 10.1. The smallest absolute Gasteiger partial charge is 0.408 e. The Labute approximate surface area is 406 Å². The Morgan fingerprint density at radius 2 is 0.786 bits per heavy atom. The number of hydrogen-bond acceptors (Lipinski definition) is 13. The van der Waals surface area contributed by atoms with Crippen LogP contribution in [-0.2, 0) is 78.9 Å². The van der Waals surface area contributed by atoms with Gasteiger partial charge in [-0.1, -0.05) is 128 Å². The van der Waals surface area contributed by atoms with E-state index in [0.717, 1.165) is 28.3 Å². The molecule has 0 aliphatic carbocycles. The van der Waals surface area contributed by atoms with E-state index in [1.54, 1.807) is 24.3 Å². The molecule has 6 N–H and O–H groups in total. The van der Waals surface area contributed by atoms with E-state index in [1.165, 1.54) is 13.8 Å². The first-order chi connectivity index (χ1) is 33.8. The summed E-state index contributed by atoms with van der Waals surface area (Å²) in [6, 6.07) is 32.4. The Morgan fingerprint density at radius 1 is 0.471 bits per heavy atom. The van der Waals surface area contributed by atoms with Gasteiger partial charge in [-0.25, -0.2) is 19.2 Å². The molecule has 0 aliphatic heterocycles. The van der Waals surface area contributed by atoms with Gasteiger partial charge in [-0.3, -0.25) is 24.0 Å². The first-order valence-corrected chi connectivity index (χ1v) is 22.4. The van der Waals surface area contributed by atoms with E-state index in [2.05, 4.69) is 38.5 Å². The topological polar surface area (TPSA) is 263 Å². The first kappa shape index (κ1) is 56.0. The van der Waals surface area contributed by atoms with Crippen LogP contribution in [0.4, 0.5) is 9.59 Å². The van der Waals surface area contributed by atoms with Crippen molar-refractivity contribution in [2.45, 2.75) is 90.1 Å². The Morgan fingerprint density at radius 3 is 1.10 bits per heavy atom. The fourth-order valence-corrected chi connectivity index (χ4v) is 5.91. The number of amides is 6. The van der Waals surface area contributed by atoms with Gasteiger partial charge in [-0.2, -0.15) is 0 Å². The molecule has 19 heteroatoms. The van der Waals surface area contributed by atoms with Gasteiger partial charge in [0.1, 0.15) is 50.6 Å². The lowest BCUT2D eigenvalue weighted by molar-refractivity contribution is -0.150. The van der Waals surface area contributed by atoms with Gasteiger partial charge >= 0.3 is 24.1 Å². The normalized spacial score (nSPS) is 11.9. The van der Waals surface area contributed by atoms with E-state index in [4.69, 9.17) is 18.9 Å². The van der Waals surface area contributed by atoms with Crippen LogP contribution in [0, 0.1) is 0 Å². The number of esters is 2. The maximum Gasteiger partial charge on any atom is 0.408 e. The van der Waals surface area contributed by atoms with Crippen molar-refractivity contribution in [2.75, 3.05) is 13.1 Å². The van der Waals surface area contributed by atoms with Crippen molar-refractivity contribution in [3.63, 3.8) is 0 Å². The summed E-state index contributed by atoms with van der Waals surface area (Å²) in [6.07, 6.45) is 0.835. The van der Waals surface area contributed by atoms with Crippen LogP contribution in [0.2, 0.25) is 0 Å². The third-order valence-corrected chi connectivity index (χ3v) is 9.76. The molecule has 0 aromatic heterocycles. The molecule has 0 saturated heterocycles. The number of ether oxygens (including phenoxy) is 4. The largest absolute Gasteiger partial charge is 0.459 e. The third-order valence-electron chi connectivity index (χ3n) is 9.76. The zero-order chi connectivity index (χ0) is 50.9. The molecule has 0 bridgehead atoms.